The molecule has 0 radical (unpaired) electrons. The molecule has 1 aliphatic carbocycles. The zero-order valence-electron chi connectivity index (χ0n) is 22.8. The van der Waals surface area contributed by atoms with Gasteiger partial charge >= 0.3 is 0 Å². The van der Waals surface area contributed by atoms with E-state index < -0.39 is 11.5 Å². The third-order valence-corrected chi connectivity index (χ3v) is 10.2. The van der Waals surface area contributed by atoms with Crippen LogP contribution in [0.4, 0.5) is 0 Å². The maximum Gasteiger partial charge on any atom is 0.227 e. The highest BCUT2D eigenvalue weighted by Crippen LogP contribution is 2.52. The molecule has 6 aliphatic rings. The highest BCUT2D eigenvalue weighted by molar-refractivity contribution is 5.78. The van der Waals surface area contributed by atoms with E-state index in [2.05, 4.69) is 47.4 Å². The zero-order valence-corrected chi connectivity index (χ0v) is 22.8. The first-order valence-electron chi connectivity index (χ1n) is 15.3. The fraction of sp³-hybridized carbons (Fsp3) is 0.719. The van der Waals surface area contributed by atoms with E-state index in [1.165, 1.54) is 25.7 Å². The average molecular weight is 523 g/mol. The number of rotatable bonds is 0. The Hall–Kier alpha value is -1.73. The van der Waals surface area contributed by atoms with Gasteiger partial charge < -0.3 is 19.5 Å². The summed E-state index contributed by atoms with van der Waals surface area (Å²) < 4.78 is 13.5. The summed E-state index contributed by atoms with van der Waals surface area (Å²) in [6, 6.07) is 0. The summed E-state index contributed by atoms with van der Waals surface area (Å²) in [5.41, 5.74) is -0.488. The van der Waals surface area contributed by atoms with Crippen molar-refractivity contribution in [2.24, 2.45) is 17.3 Å². The first kappa shape index (κ1) is 26.5. The van der Waals surface area contributed by atoms with Crippen LogP contribution in [0.25, 0.3) is 0 Å². The van der Waals surface area contributed by atoms with Crippen molar-refractivity contribution in [2.45, 2.75) is 108 Å². The number of aliphatic hydroxyl groups excluding tert-OH is 1. The van der Waals surface area contributed by atoms with Gasteiger partial charge in [-0.05, 0) is 69.6 Å². The Morgan fingerprint density at radius 3 is 2.63 bits per heavy atom. The fourth-order valence-electron chi connectivity index (χ4n) is 8.17. The van der Waals surface area contributed by atoms with Crippen LogP contribution in [0.3, 0.4) is 0 Å². The van der Waals surface area contributed by atoms with Crippen molar-refractivity contribution in [1.82, 2.24) is 9.80 Å². The molecule has 0 saturated carbocycles. The van der Waals surface area contributed by atoms with Crippen molar-refractivity contribution >= 4 is 5.91 Å². The Balaban J connectivity index is 1.25. The first-order valence-corrected chi connectivity index (χ1v) is 15.3. The summed E-state index contributed by atoms with van der Waals surface area (Å²) in [5, 5.41) is 11.4. The maximum absolute atomic E-state index is 13.3. The standard InChI is InChI=1S/C32H46N2O4/c35-28-16-8-13-25-12-4-2-1-3-7-20-33-21-9-11-24-17-18-26(37-30(24)33)14-5-6-15-27-23-29(36)34-22-10-19-32(25,28)31(34)38-27/h1-4,7-8,12,16,24-28,30-31,35H,5-6,9-11,13-15,17-23H2/b2-1+,7-3+,12-4+/t24-,25+,26+,27-,28-,30+,31+,32?/m1/s1. The van der Waals surface area contributed by atoms with Gasteiger partial charge in [-0.1, -0.05) is 61.4 Å². The summed E-state index contributed by atoms with van der Waals surface area (Å²) in [7, 11) is 0. The van der Waals surface area contributed by atoms with E-state index in [0.717, 1.165) is 64.6 Å². The largest absolute Gasteiger partial charge is 0.388 e. The molecular formula is C32H46N2O4. The molecule has 1 unspecified atom stereocenters. The fourth-order valence-corrected chi connectivity index (χ4v) is 8.17. The molecule has 6 nitrogen and oxygen atoms in total. The Bertz CT molecular complexity index is 959. The van der Waals surface area contributed by atoms with Crippen molar-refractivity contribution < 1.29 is 19.4 Å². The monoisotopic (exact) mass is 522 g/mol. The number of hydrogen-bond donors (Lipinski definition) is 1. The number of nitrogens with zero attached hydrogens (tertiary/aromatic N) is 2. The molecule has 8 atom stereocenters. The van der Waals surface area contributed by atoms with Crippen LogP contribution < -0.4 is 0 Å². The smallest absolute Gasteiger partial charge is 0.227 e. The van der Waals surface area contributed by atoms with Gasteiger partial charge in [0.2, 0.25) is 5.91 Å². The lowest BCUT2D eigenvalue weighted by atomic mass is 9.61. The molecule has 4 bridgehead atoms. The van der Waals surface area contributed by atoms with Gasteiger partial charge in [-0.2, -0.15) is 0 Å². The van der Waals surface area contributed by atoms with E-state index in [-0.39, 0.29) is 30.4 Å². The van der Waals surface area contributed by atoms with Crippen LogP contribution in [0, 0.1) is 17.3 Å². The maximum atomic E-state index is 13.3. The summed E-state index contributed by atoms with van der Waals surface area (Å²) in [5.74, 6) is 0.994. The number of allylic oxidation sites excluding steroid dienone is 6. The van der Waals surface area contributed by atoms with E-state index in [0.29, 0.717) is 18.4 Å². The van der Waals surface area contributed by atoms with E-state index in [1.807, 2.05) is 11.0 Å². The van der Waals surface area contributed by atoms with Crippen LogP contribution in [0.15, 0.2) is 48.6 Å². The molecule has 0 aromatic heterocycles. The van der Waals surface area contributed by atoms with Crippen molar-refractivity contribution in [2.75, 3.05) is 19.6 Å². The number of fused-ring (bicyclic) bond motifs is 2. The number of amides is 1. The minimum atomic E-state index is -0.614. The molecule has 5 aliphatic heterocycles. The molecule has 5 heterocycles. The Kier molecular flexibility index (Phi) is 8.22. The predicted octanol–water partition coefficient (Wildman–Crippen LogP) is 5.11. The predicted molar refractivity (Wildman–Crippen MR) is 148 cm³/mol. The van der Waals surface area contributed by atoms with Gasteiger partial charge in [0.05, 0.1) is 30.1 Å². The number of carbonyl (C=O) groups is 1. The van der Waals surface area contributed by atoms with Gasteiger partial charge in [0, 0.05) is 19.6 Å². The lowest BCUT2D eigenvalue weighted by molar-refractivity contribution is -0.241. The quantitative estimate of drug-likeness (QED) is 0.448. The highest BCUT2D eigenvalue weighted by Gasteiger charge is 2.57. The van der Waals surface area contributed by atoms with Crippen molar-refractivity contribution in [3.8, 4) is 0 Å². The van der Waals surface area contributed by atoms with Gasteiger partial charge in [0.1, 0.15) is 12.5 Å². The number of ether oxygens (including phenoxy) is 2. The molecule has 1 amide bonds. The number of carbonyl (C=O) groups excluding carboxylic acids is 1. The number of aliphatic hydroxyl groups is 1. The molecule has 1 spiro atoms. The van der Waals surface area contributed by atoms with Gasteiger partial charge in [0.25, 0.3) is 0 Å². The van der Waals surface area contributed by atoms with E-state index in [9.17, 15) is 9.90 Å². The van der Waals surface area contributed by atoms with Gasteiger partial charge in [-0.25, -0.2) is 0 Å². The molecule has 6 heteroatoms. The molecule has 208 valence electrons. The molecule has 4 fully saturated rings. The summed E-state index contributed by atoms with van der Waals surface area (Å²) in [6.07, 6.45) is 28.8. The van der Waals surface area contributed by atoms with Gasteiger partial charge in [-0.3, -0.25) is 9.69 Å². The zero-order chi connectivity index (χ0) is 26.0. The van der Waals surface area contributed by atoms with Crippen molar-refractivity contribution in [3.05, 3.63) is 48.6 Å². The second kappa shape index (κ2) is 11.8. The normalized spacial score (nSPS) is 45.0. The van der Waals surface area contributed by atoms with Crippen molar-refractivity contribution in [1.29, 1.82) is 0 Å². The first-order chi connectivity index (χ1) is 18.6. The number of piperidine rings is 2. The van der Waals surface area contributed by atoms with Crippen LogP contribution in [-0.4, -0.2) is 71.2 Å². The number of hydrogen-bond acceptors (Lipinski definition) is 5. The summed E-state index contributed by atoms with van der Waals surface area (Å²) in [4.78, 5) is 17.8. The summed E-state index contributed by atoms with van der Waals surface area (Å²) >= 11 is 0. The van der Waals surface area contributed by atoms with Gasteiger partial charge in [0.15, 0.2) is 0 Å². The molecular weight excluding hydrogens is 476 g/mol. The Morgan fingerprint density at radius 1 is 0.842 bits per heavy atom. The lowest BCUT2D eigenvalue weighted by Gasteiger charge is -2.57. The molecule has 38 heavy (non-hydrogen) atoms. The van der Waals surface area contributed by atoms with Crippen LogP contribution in [0.2, 0.25) is 0 Å². The minimum Gasteiger partial charge on any atom is -0.388 e. The molecule has 6 rings (SSSR count). The molecule has 4 saturated heterocycles. The lowest BCUT2D eigenvalue weighted by Crippen LogP contribution is -2.66. The third-order valence-electron chi connectivity index (χ3n) is 10.2. The van der Waals surface area contributed by atoms with Crippen LogP contribution in [0.1, 0.15) is 77.0 Å². The third kappa shape index (κ3) is 5.22. The summed E-state index contributed by atoms with van der Waals surface area (Å²) in [6.45, 7) is 2.79. The van der Waals surface area contributed by atoms with Crippen LogP contribution in [-0.2, 0) is 14.3 Å². The molecule has 0 aromatic carbocycles. The minimum absolute atomic E-state index is 0.0671. The van der Waals surface area contributed by atoms with Gasteiger partial charge in [-0.15, -0.1) is 0 Å². The topological polar surface area (TPSA) is 62.2 Å². The molecule has 1 N–H and O–H groups in total. The van der Waals surface area contributed by atoms with E-state index in [4.69, 9.17) is 9.47 Å². The average Bonchev–Trinajstić information content (AvgIpc) is 2.93. The highest BCUT2D eigenvalue weighted by atomic mass is 16.5. The molecule has 0 aromatic rings. The Labute approximate surface area is 228 Å². The SMILES string of the molecule is O=C1C[C@H]2CCCC[C@H]3CC[C@H]4CCCN(C/C=C/C=C/C=C/[C@H]5CC=C[C@@H](O)C56CCCN1[C@H]6O2)[C@H]4O3. The second-order valence-electron chi connectivity index (χ2n) is 12.4. The van der Waals surface area contributed by atoms with E-state index >= 15 is 0 Å². The van der Waals surface area contributed by atoms with E-state index in [1.54, 1.807) is 0 Å². The Morgan fingerprint density at radius 2 is 1.71 bits per heavy atom. The second-order valence-corrected chi connectivity index (χ2v) is 12.4. The van der Waals surface area contributed by atoms with Crippen LogP contribution in [0.5, 0.6) is 0 Å². The van der Waals surface area contributed by atoms with Crippen LogP contribution >= 0.6 is 0 Å². The van der Waals surface area contributed by atoms with Crippen molar-refractivity contribution in [3.63, 3.8) is 0 Å².